The molecule has 2 aliphatic heterocycles. The van der Waals surface area contributed by atoms with Crippen LogP contribution in [0.4, 0.5) is 4.79 Å². The third kappa shape index (κ3) is 5.84. The SMILES string of the molecule is CC(C)c1nnc(CCN(C)C(=O)OC2c3ccccc3-c3ccccc32)n1C1CC2CCC(C1)N2CCC(N)c1ccccc1. The minimum Gasteiger partial charge on any atom is -0.436 e. The molecule has 1 amide bonds. The average molecular weight is 619 g/mol. The maximum atomic E-state index is 13.4. The Morgan fingerprint density at radius 3 is 2.13 bits per heavy atom. The van der Waals surface area contributed by atoms with Crippen LogP contribution in [-0.2, 0) is 11.2 Å². The second kappa shape index (κ2) is 13.0. The summed E-state index contributed by atoms with van der Waals surface area (Å²) in [6.07, 6.45) is 5.53. The fourth-order valence-corrected chi connectivity index (χ4v) is 8.06. The third-order valence-electron chi connectivity index (χ3n) is 10.4. The zero-order valence-corrected chi connectivity index (χ0v) is 27.3. The Morgan fingerprint density at radius 1 is 0.891 bits per heavy atom. The molecule has 8 nitrogen and oxygen atoms in total. The van der Waals surface area contributed by atoms with Crippen molar-refractivity contribution in [2.45, 2.75) is 88.6 Å². The number of amides is 1. The van der Waals surface area contributed by atoms with Gasteiger partial charge in [0.1, 0.15) is 11.6 Å². The molecular weight excluding hydrogens is 572 g/mol. The molecule has 3 unspecified atom stereocenters. The van der Waals surface area contributed by atoms with Crippen molar-refractivity contribution >= 4 is 6.09 Å². The number of nitrogens with zero attached hydrogens (tertiary/aromatic N) is 5. The fourth-order valence-electron chi connectivity index (χ4n) is 8.06. The standard InChI is InChI=1S/C38H46N6O2/c1-25(2)37-41-40-35(20-21-42(3)38(45)46-36-32-15-9-7-13-30(32)31-14-8-10-16-33(31)36)44(37)29-23-27-17-18-28(24-29)43(27)22-19-34(39)26-11-5-4-6-12-26/h4-16,25,27-29,34,36H,17-24,39H2,1-3H3. The first-order valence-corrected chi connectivity index (χ1v) is 17.0. The molecule has 2 saturated heterocycles. The van der Waals surface area contributed by atoms with Crippen LogP contribution in [0.15, 0.2) is 78.9 Å². The highest BCUT2D eigenvalue weighted by atomic mass is 16.6. The Hall–Kier alpha value is -4.01. The summed E-state index contributed by atoms with van der Waals surface area (Å²) in [7, 11) is 1.82. The molecule has 2 N–H and O–H groups in total. The number of carbonyl (C=O) groups excluding carboxylic acids is 1. The topological polar surface area (TPSA) is 89.5 Å². The van der Waals surface area contributed by atoms with Gasteiger partial charge in [0, 0.05) is 67.8 Å². The Morgan fingerprint density at radius 2 is 1.50 bits per heavy atom. The van der Waals surface area contributed by atoms with Crippen molar-refractivity contribution in [1.29, 1.82) is 0 Å². The molecule has 0 spiro atoms. The number of carbonyl (C=O) groups is 1. The van der Waals surface area contributed by atoms with E-state index in [-0.39, 0.29) is 18.1 Å². The zero-order valence-electron chi connectivity index (χ0n) is 27.3. The summed E-state index contributed by atoms with van der Waals surface area (Å²) in [6, 6.07) is 28.4. The summed E-state index contributed by atoms with van der Waals surface area (Å²) in [5.74, 6) is 2.28. The lowest BCUT2D eigenvalue weighted by Crippen LogP contribution is -2.45. The monoisotopic (exact) mass is 618 g/mol. The van der Waals surface area contributed by atoms with Crippen molar-refractivity contribution in [2.75, 3.05) is 20.1 Å². The summed E-state index contributed by atoms with van der Waals surface area (Å²) in [5.41, 5.74) is 12.1. The summed E-state index contributed by atoms with van der Waals surface area (Å²) in [6.45, 7) is 5.93. The van der Waals surface area contributed by atoms with Gasteiger partial charge in [0.05, 0.1) is 0 Å². The number of piperidine rings is 1. The molecule has 3 aliphatic rings. The summed E-state index contributed by atoms with van der Waals surface area (Å²) < 4.78 is 8.57. The average Bonchev–Trinajstić information content (AvgIpc) is 3.72. The van der Waals surface area contributed by atoms with Crippen LogP contribution in [0, 0.1) is 0 Å². The molecule has 7 rings (SSSR count). The highest BCUT2D eigenvalue weighted by Gasteiger charge is 2.42. The molecular formula is C38H46N6O2. The fraction of sp³-hybridized carbons (Fsp3) is 0.447. The van der Waals surface area contributed by atoms with Crippen molar-refractivity contribution in [3.05, 3.63) is 107 Å². The lowest BCUT2D eigenvalue weighted by Gasteiger charge is -2.40. The molecule has 1 aromatic heterocycles. The molecule has 2 bridgehead atoms. The summed E-state index contributed by atoms with van der Waals surface area (Å²) in [5, 5.41) is 9.37. The molecule has 8 heteroatoms. The number of hydrogen-bond acceptors (Lipinski definition) is 6. The van der Waals surface area contributed by atoms with E-state index in [2.05, 4.69) is 76.9 Å². The van der Waals surface area contributed by atoms with Crippen molar-refractivity contribution in [2.24, 2.45) is 5.73 Å². The second-order valence-corrected chi connectivity index (χ2v) is 13.7. The van der Waals surface area contributed by atoms with E-state index in [9.17, 15) is 4.79 Å². The molecule has 1 aliphatic carbocycles. The van der Waals surface area contributed by atoms with E-state index < -0.39 is 6.10 Å². The van der Waals surface area contributed by atoms with Crippen LogP contribution in [0.25, 0.3) is 11.1 Å². The molecule has 0 saturated carbocycles. The Bertz CT molecular complexity index is 1610. The summed E-state index contributed by atoms with van der Waals surface area (Å²) in [4.78, 5) is 17.8. The number of fused-ring (bicyclic) bond motifs is 5. The first-order chi connectivity index (χ1) is 22.4. The van der Waals surface area contributed by atoms with Gasteiger partial charge in [-0.2, -0.15) is 0 Å². The molecule has 0 radical (unpaired) electrons. The maximum absolute atomic E-state index is 13.4. The van der Waals surface area contributed by atoms with E-state index in [0.717, 1.165) is 59.7 Å². The number of hydrogen-bond donors (Lipinski definition) is 1. The highest BCUT2D eigenvalue weighted by Crippen LogP contribution is 2.45. The Labute approximate surface area is 272 Å². The largest absolute Gasteiger partial charge is 0.436 e. The quantitative estimate of drug-likeness (QED) is 0.205. The molecule has 4 aromatic rings. The van der Waals surface area contributed by atoms with Gasteiger partial charge in [-0.25, -0.2) is 4.79 Å². The summed E-state index contributed by atoms with van der Waals surface area (Å²) >= 11 is 0. The molecule has 240 valence electrons. The van der Waals surface area contributed by atoms with Gasteiger partial charge in [-0.15, -0.1) is 10.2 Å². The van der Waals surface area contributed by atoms with Crippen molar-refractivity contribution < 1.29 is 9.53 Å². The van der Waals surface area contributed by atoms with Crippen molar-refractivity contribution in [1.82, 2.24) is 24.6 Å². The van der Waals surface area contributed by atoms with E-state index in [0.29, 0.717) is 31.1 Å². The van der Waals surface area contributed by atoms with Gasteiger partial charge in [-0.05, 0) is 48.8 Å². The van der Waals surface area contributed by atoms with E-state index in [1.165, 1.54) is 18.4 Å². The van der Waals surface area contributed by atoms with E-state index in [1.54, 1.807) is 4.90 Å². The minimum absolute atomic E-state index is 0.0668. The Kier molecular flexibility index (Phi) is 8.66. The smallest absolute Gasteiger partial charge is 0.410 e. The van der Waals surface area contributed by atoms with Gasteiger partial charge >= 0.3 is 6.09 Å². The predicted molar refractivity (Wildman–Crippen MR) is 180 cm³/mol. The van der Waals surface area contributed by atoms with Crippen LogP contribution >= 0.6 is 0 Å². The van der Waals surface area contributed by atoms with E-state index >= 15 is 0 Å². The molecule has 3 heterocycles. The van der Waals surface area contributed by atoms with E-state index in [1.807, 2.05) is 37.4 Å². The van der Waals surface area contributed by atoms with Crippen molar-refractivity contribution in [3.8, 4) is 11.1 Å². The van der Waals surface area contributed by atoms with Gasteiger partial charge in [0.15, 0.2) is 6.10 Å². The van der Waals surface area contributed by atoms with Crippen LogP contribution in [-0.4, -0.2) is 62.9 Å². The van der Waals surface area contributed by atoms with Gasteiger partial charge in [0.25, 0.3) is 0 Å². The van der Waals surface area contributed by atoms with E-state index in [4.69, 9.17) is 15.6 Å². The van der Waals surface area contributed by atoms with Crippen LogP contribution in [0.5, 0.6) is 0 Å². The van der Waals surface area contributed by atoms with Crippen LogP contribution in [0.3, 0.4) is 0 Å². The Balaban J connectivity index is 1.01. The van der Waals surface area contributed by atoms with Gasteiger partial charge in [-0.3, -0.25) is 4.90 Å². The first-order valence-electron chi connectivity index (χ1n) is 17.0. The first kappa shape index (κ1) is 30.6. The van der Waals surface area contributed by atoms with Gasteiger partial charge in [-0.1, -0.05) is 92.7 Å². The molecule has 2 fully saturated rings. The number of aromatic nitrogens is 3. The normalized spacial score (nSPS) is 21.3. The lowest BCUT2D eigenvalue weighted by atomic mass is 9.95. The second-order valence-electron chi connectivity index (χ2n) is 13.7. The van der Waals surface area contributed by atoms with Gasteiger partial charge < -0.3 is 19.9 Å². The van der Waals surface area contributed by atoms with Crippen LogP contribution in [0.2, 0.25) is 0 Å². The number of nitrogens with two attached hydrogens (primary N) is 1. The number of ether oxygens (including phenoxy) is 1. The highest BCUT2D eigenvalue weighted by molar-refractivity contribution is 5.79. The number of rotatable bonds is 10. The lowest BCUT2D eigenvalue weighted by molar-refractivity contribution is 0.0859. The van der Waals surface area contributed by atoms with Gasteiger partial charge in [0.2, 0.25) is 0 Å². The maximum Gasteiger partial charge on any atom is 0.410 e. The number of likely N-dealkylation sites (N-methyl/N-ethyl adjacent to an activating group) is 1. The zero-order chi connectivity index (χ0) is 31.8. The molecule has 46 heavy (non-hydrogen) atoms. The van der Waals surface area contributed by atoms with Crippen LogP contribution < -0.4 is 5.73 Å². The molecule has 3 atom stereocenters. The van der Waals surface area contributed by atoms with Crippen molar-refractivity contribution in [3.63, 3.8) is 0 Å². The third-order valence-corrected chi connectivity index (χ3v) is 10.4. The van der Waals surface area contributed by atoms with Crippen LogP contribution in [0.1, 0.15) is 98.4 Å². The molecule has 3 aromatic carbocycles. The predicted octanol–water partition coefficient (Wildman–Crippen LogP) is 7.04. The minimum atomic E-state index is -0.401. The number of benzene rings is 3.